The highest BCUT2D eigenvalue weighted by Crippen LogP contribution is 2.04. The third kappa shape index (κ3) is 3.20. The van der Waals surface area contributed by atoms with Crippen molar-refractivity contribution in [2.24, 2.45) is 5.92 Å². The minimum atomic E-state index is -0.533. The number of nitrogens with zero attached hydrogens (tertiary/aromatic N) is 1. The molecule has 3 amide bonds. The number of amides is 3. The van der Waals surface area contributed by atoms with E-state index in [-0.39, 0.29) is 14.8 Å². The van der Waals surface area contributed by atoms with Gasteiger partial charge in [0, 0.05) is 9.90 Å². The molecule has 1 aliphatic rings. The van der Waals surface area contributed by atoms with Gasteiger partial charge in [-0.25, -0.2) is 4.79 Å². The van der Waals surface area contributed by atoms with Crippen molar-refractivity contribution in [2.45, 2.75) is 32.9 Å². The van der Waals surface area contributed by atoms with E-state index in [1.807, 2.05) is 0 Å². The van der Waals surface area contributed by atoms with E-state index in [4.69, 9.17) is 0 Å². The number of nitrogens with one attached hydrogen (secondary N) is 2. The first-order valence-corrected chi connectivity index (χ1v) is 5.34. The van der Waals surface area contributed by atoms with Crippen LogP contribution in [0, 0.1) is 5.92 Å². The number of hydrogen-bond acceptors (Lipinski definition) is 3. The van der Waals surface area contributed by atoms with Crippen molar-refractivity contribution in [1.82, 2.24) is 15.5 Å². The Morgan fingerprint density at radius 3 is 2.67 bits per heavy atom. The molecular weight excluding hydrogens is 194 g/mol. The van der Waals surface area contributed by atoms with Gasteiger partial charge >= 0.3 is 6.03 Å². The van der Waals surface area contributed by atoms with Crippen LogP contribution < -0.4 is 10.6 Å². The molecule has 0 aromatic rings. The maximum atomic E-state index is 11.4. The maximum Gasteiger partial charge on any atom is 0.325 e. The van der Waals surface area contributed by atoms with Crippen LogP contribution in [0.15, 0.2) is 0 Å². The number of likely N-dealkylation sites (N-methyl/N-ethyl adjacent to an activating group) is 1. The molecule has 0 radical (unpaired) electrons. The molecule has 1 atom stereocenters. The Morgan fingerprint density at radius 2 is 2.20 bits per heavy atom. The second kappa shape index (κ2) is 5.11. The lowest BCUT2D eigenvalue weighted by molar-refractivity contribution is -0.127. The van der Waals surface area contributed by atoms with E-state index in [0.29, 0.717) is 5.92 Å². The minimum absolute atomic E-state index is 0. The lowest BCUT2D eigenvalue weighted by Gasteiger charge is -2.10. The highest BCUT2D eigenvalue weighted by molar-refractivity contribution is 6.03. The summed E-state index contributed by atoms with van der Waals surface area (Å²) in [6.07, 6.45) is 1.60. The second-order valence-electron chi connectivity index (χ2n) is 4.27. The van der Waals surface area contributed by atoms with Crippen LogP contribution in [0.5, 0.6) is 0 Å². The van der Waals surface area contributed by atoms with Crippen LogP contribution in [-0.4, -0.2) is 36.6 Å². The quantitative estimate of drug-likeness (QED) is 0.534. The van der Waals surface area contributed by atoms with Crippen LogP contribution in [0.25, 0.3) is 0 Å². The van der Waals surface area contributed by atoms with E-state index in [1.165, 1.54) is 7.05 Å². The Kier molecular flexibility index (Phi) is 4.08. The number of urea groups is 1. The number of rotatable bonds is 5. The number of carbonyl (C=O) groups is 2. The van der Waals surface area contributed by atoms with Gasteiger partial charge in [0.05, 0.1) is 0 Å². The van der Waals surface area contributed by atoms with Gasteiger partial charge in [0.1, 0.15) is 0 Å². The fraction of sp³-hybridized carbons (Fsp3) is 0.800. The Bertz CT molecular complexity index is 262. The van der Waals surface area contributed by atoms with Gasteiger partial charge in [0.15, 0.2) is 6.17 Å². The molecule has 1 unspecified atom stereocenters. The normalized spacial score (nSPS) is 21.3. The van der Waals surface area contributed by atoms with E-state index in [2.05, 4.69) is 24.5 Å². The molecule has 0 aromatic heterocycles. The van der Waals surface area contributed by atoms with Gasteiger partial charge in [-0.2, -0.15) is 0 Å². The number of carbonyl (C=O) groups excluding carboxylic acids is 2. The molecule has 0 bridgehead atoms. The second-order valence-corrected chi connectivity index (χ2v) is 4.27. The van der Waals surface area contributed by atoms with Crippen LogP contribution in [0.4, 0.5) is 4.79 Å². The summed E-state index contributed by atoms with van der Waals surface area (Å²) in [7, 11) is 1.48. The first-order valence-electron chi connectivity index (χ1n) is 5.34. The van der Waals surface area contributed by atoms with Gasteiger partial charge in [-0.15, -0.1) is 0 Å². The van der Waals surface area contributed by atoms with Crippen molar-refractivity contribution >= 4 is 11.9 Å². The molecule has 1 fully saturated rings. The van der Waals surface area contributed by atoms with Crippen molar-refractivity contribution in [3.05, 3.63) is 0 Å². The smallest absolute Gasteiger partial charge is 0.314 e. The summed E-state index contributed by atoms with van der Waals surface area (Å²) >= 11 is 0. The fourth-order valence-corrected chi connectivity index (χ4v) is 1.47. The fourth-order valence-electron chi connectivity index (χ4n) is 1.47. The van der Waals surface area contributed by atoms with Gasteiger partial charge in [0.2, 0.25) is 0 Å². The summed E-state index contributed by atoms with van der Waals surface area (Å²) in [4.78, 5) is 23.6. The first-order chi connectivity index (χ1) is 7.02. The molecule has 1 saturated heterocycles. The SMILES string of the molecule is CC(C)CCCNC1NC(=O)N(C)C1=O.[HH].[HH]. The lowest BCUT2D eigenvalue weighted by Crippen LogP contribution is -2.43. The highest BCUT2D eigenvalue weighted by Gasteiger charge is 2.34. The predicted molar refractivity (Wildman–Crippen MR) is 61.4 cm³/mol. The Labute approximate surface area is 93.2 Å². The third-order valence-corrected chi connectivity index (χ3v) is 2.46. The van der Waals surface area contributed by atoms with Crippen LogP contribution in [0.1, 0.15) is 29.5 Å². The summed E-state index contributed by atoms with van der Waals surface area (Å²) in [5, 5.41) is 5.59. The standard InChI is InChI=1S/C10H19N3O2.2H2/c1-7(2)5-4-6-11-8-9(14)13(3)10(15)12-8;;/h7-8,11H,4-6H2,1-3H3,(H,12,15);2*1H. The molecule has 2 N–H and O–H groups in total. The van der Waals surface area contributed by atoms with Gasteiger partial charge < -0.3 is 5.32 Å². The minimum Gasteiger partial charge on any atom is -0.314 e. The van der Waals surface area contributed by atoms with Crippen LogP contribution >= 0.6 is 0 Å². The van der Waals surface area contributed by atoms with Crippen molar-refractivity contribution in [3.63, 3.8) is 0 Å². The zero-order valence-electron chi connectivity index (χ0n) is 9.54. The summed E-state index contributed by atoms with van der Waals surface area (Å²) < 4.78 is 0. The number of hydrogen-bond donors (Lipinski definition) is 2. The third-order valence-electron chi connectivity index (χ3n) is 2.46. The van der Waals surface area contributed by atoms with E-state index in [9.17, 15) is 9.59 Å². The average Bonchev–Trinajstić information content (AvgIpc) is 2.41. The first kappa shape index (κ1) is 12.0. The molecule has 0 aromatic carbocycles. The Hall–Kier alpha value is -1.10. The zero-order valence-corrected chi connectivity index (χ0v) is 9.54. The summed E-state index contributed by atoms with van der Waals surface area (Å²) in [5.74, 6) is 0.466. The molecule has 0 saturated carbocycles. The van der Waals surface area contributed by atoms with Gasteiger partial charge in [-0.1, -0.05) is 13.8 Å². The average molecular weight is 217 g/mol. The monoisotopic (exact) mass is 217 g/mol. The Morgan fingerprint density at radius 1 is 1.53 bits per heavy atom. The van der Waals surface area contributed by atoms with E-state index in [1.54, 1.807) is 0 Å². The van der Waals surface area contributed by atoms with E-state index < -0.39 is 6.17 Å². The molecule has 5 heteroatoms. The van der Waals surface area contributed by atoms with Crippen molar-refractivity contribution < 1.29 is 12.4 Å². The summed E-state index contributed by atoms with van der Waals surface area (Å²) in [6, 6.07) is -0.332. The van der Waals surface area contributed by atoms with E-state index in [0.717, 1.165) is 24.3 Å². The van der Waals surface area contributed by atoms with Crippen LogP contribution in [0.3, 0.4) is 0 Å². The molecule has 1 aliphatic heterocycles. The van der Waals surface area contributed by atoms with Gasteiger partial charge in [0.25, 0.3) is 5.91 Å². The van der Waals surface area contributed by atoms with Crippen LogP contribution in [-0.2, 0) is 4.79 Å². The summed E-state index contributed by atoms with van der Waals surface area (Å²) in [5.41, 5.74) is 0. The van der Waals surface area contributed by atoms with Crippen molar-refractivity contribution in [3.8, 4) is 0 Å². The highest BCUT2D eigenvalue weighted by atomic mass is 16.2. The van der Waals surface area contributed by atoms with Gasteiger partial charge in [-0.3, -0.25) is 15.0 Å². The number of imide groups is 1. The molecule has 1 rings (SSSR count). The molecule has 0 spiro atoms. The molecule has 1 heterocycles. The zero-order chi connectivity index (χ0) is 11.4. The van der Waals surface area contributed by atoms with Crippen molar-refractivity contribution in [1.29, 1.82) is 0 Å². The van der Waals surface area contributed by atoms with Gasteiger partial charge in [-0.05, 0) is 25.3 Å². The topological polar surface area (TPSA) is 61.4 Å². The molecule has 90 valence electrons. The summed E-state index contributed by atoms with van der Waals surface area (Å²) in [6.45, 7) is 5.08. The lowest BCUT2D eigenvalue weighted by atomic mass is 10.1. The molecule has 0 aliphatic carbocycles. The Balaban J connectivity index is 0. The molecule has 5 nitrogen and oxygen atoms in total. The largest absolute Gasteiger partial charge is 0.325 e. The molecule has 15 heavy (non-hydrogen) atoms. The maximum absolute atomic E-state index is 11.4. The molecular formula is C10H23N3O2. The van der Waals surface area contributed by atoms with Crippen LogP contribution in [0.2, 0.25) is 0 Å². The predicted octanol–water partition coefficient (Wildman–Crippen LogP) is 1.01. The van der Waals surface area contributed by atoms with Crippen molar-refractivity contribution in [2.75, 3.05) is 13.6 Å². The van der Waals surface area contributed by atoms with E-state index >= 15 is 0 Å².